The number of carbonyl (C=O) groups is 1. The lowest BCUT2D eigenvalue weighted by Gasteiger charge is -2.29. The van der Waals surface area contributed by atoms with E-state index >= 15 is 0 Å². The lowest BCUT2D eigenvalue weighted by Crippen LogP contribution is -2.26. The molecular weight excluding hydrogens is 273 g/mol. The van der Waals surface area contributed by atoms with Crippen LogP contribution < -0.4 is 0 Å². The molecule has 0 aromatic carbocycles. The number of halogens is 3. The summed E-state index contributed by atoms with van der Waals surface area (Å²) in [5, 5.41) is 0. The number of alkyl halides is 3. The molecule has 8 heteroatoms. The largest absolute Gasteiger partial charge is 0.534 e. The molecule has 0 unspecified atom stereocenters. The molecule has 0 aliphatic heterocycles. The minimum Gasteiger partial charge on any atom is -0.384 e. The van der Waals surface area contributed by atoms with Gasteiger partial charge < -0.3 is 4.18 Å². The Morgan fingerprint density at radius 3 is 2.33 bits per heavy atom. The van der Waals surface area contributed by atoms with Crippen LogP contribution in [0.4, 0.5) is 13.2 Å². The van der Waals surface area contributed by atoms with Crippen molar-refractivity contribution in [2.75, 3.05) is 0 Å². The number of hydrogen-bond acceptors (Lipinski definition) is 4. The van der Waals surface area contributed by atoms with Gasteiger partial charge in [0.25, 0.3) is 0 Å². The average Bonchev–Trinajstić information content (AvgIpc) is 2.13. The molecule has 0 N–H and O–H groups in total. The first-order valence-corrected chi connectivity index (χ1v) is 6.57. The molecular formula is C10H13F3O4S. The van der Waals surface area contributed by atoms with Crippen molar-refractivity contribution in [3.63, 3.8) is 0 Å². The summed E-state index contributed by atoms with van der Waals surface area (Å²) in [6.45, 7) is 3.71. The first-order chi connectivity index (χ1) is 7.95. The number of hydrogen-bond donors (Lipinski definition) is 0. The normalized spacial score (nSPS) is 23.2. The van der Waals surface area contributed by atoms with Crippen molar-refractivity contribution in [1.29, 1.82) is 0 Å². The standard InChI is InChI=1S/C10H13F3O4S/c1-9(2)4-3-7(8(14)5-9)6-17-18(15,16)10(11,12)13/h6H,3-5H2,1-2H3/b7-6-. The van der Waals surface area contributed by atoms with E-state index in [4.69, 9.17) is 0 Å². The van der Waals surface area contributed by atoms with Crippen LogP contribution in [0.3, 0.4) is 0 Å². The van der Waals surface area contributed by atoms with Crippen LogP contribution in [0.15, 0.2) is 11.8 Å². The molecule has 1 aliphatic carbocycles. The van der Waals surface area contributed by atoms with E-state index in [0.717, 1.165) is 0 Å². The maximum atomic E-state index is 12.0. The van der Waals surface area contributed by atoms with E-state index in [0.29, 0.717) is 12.7 Å². The highest BCUT2D eigenvalue weighted by Crippen LogP contribution is 2.36. The van der Waals surface area contributed by atoms with E-state index in [1.165, 1.54) is 0 Å². The van der Waals surface area contributed by atoms with Crippen LogP contribution in [0.5, 0.6) is 0 Å². The van der Waals surface area contributed by atoms with Crippen LogP contribution in [0.1, 0.15) is 33.1 Å². The van der Waals surface area contributed by atoms with Crippen LogP contribution >= 0.6 is 0 Å². The van der Waals surface area contributed by atoms with E-state index in [9.17, 15) is 26.4 Å². The van der Waals surface area contributed by atoms with Crippen LogP contribution in [-0.4, -0.2) is 19.7 Å². The van der Waals surface area contributed by atoms with E-state index in [1.54, 1.807) is 0 Å². The zero-order valence-electron chi connectivity index (χ0n) is 9.87. The number of Topliss-reactive ketones (excluding diaryl/α,β-unsaturated/α-hetero) is 1. The predicted octanol–water partition coefficient (Wildman–Crippen LogP) is 2.52. The van der Waals surface area contributed by atoms with E-state index in [2.05, 4.69) is 4.18 Å². The van der Waals surface area contributed by atoms with Gasteiger partial charge in [-0.1, -0.05) is 13.8 Å². The fourth-order valence-electron chi connectivity index (χ4n) is 1.55. The van der Waals surface area contributed by atoms with Gasteiger partial charge in [0.15, 0.2) is 5.78 Å². The first kappa shape index (κ1) is 15.0. The third kappa shape index (κ3) is 3.47. The average molecular weight is 286 g/mol. The molecule has 0 amide bonds. The van der Waals surface area contributed by atoms with Crippen molar-refractivity contribution in [2.45, 2.75) is 38.6 Å². The van der Waals surface area contributed by atoms with Gasteiger partial charge in [0, 0.05) is 12.0 Å². The van der Waals surface area contributed by atoms with E-state index < -0.39 is 15.6 Å². The molecule has 18 heavy (non-hydrogen) atoms. The summed E-state index contributed by atoms with van der Waals surface area (Å²) < 4.78 is 60.9. The fourth-order valence-corrected chi connectivity index (χ4v) is 1.90. The summed E-state index contributed by atoms with van der Waals surface area (Å²) in [5.74, 6) is -0.386. The molecule has 0 radical (unpaired) electrons. The Bertz CT molecular complexity index is 474. The second-order valence-corrected chi connectivity index (χ2v) is 6.47. The molecule has 0 saturated heterocycles. The molecule has 104 valence electrons. The van der Waals surface area contributed by atoms with Gasteiger partial charge in [-0.2, -0.15) is 21.6 Å². The number of ketones is 1. The Kier molecular flexibility index (Phi) is 3.81. The summed E-state index contributed by atoms with van der Waals surface area (Å²) in [7, 11) is -5.68. The zero-order chi connectivity index (χ0) is 14.2. The summed E-state index contributed by atoms with van der Waals surface area (Å²) in [6.07, 6.45) is 1.36. The fraction of sp³-hybridized carbons (Fsp3) is 0.700. The van der Waals surface area contributed by atoms with Crippen molar-refractivity contribution in [3.05, 3.63) is 11.8 Å². The highest BCUT2D eigenvalue weighted by atomic mass is 32.2. The monoisotopic (exact) mass is 286 g/mol. The topological polar surface area (TPSA) is 60.4 Å². The molecule has 1 saturated carbocycles. The first-order valence-electron chi connectivity index (χ1n) is 5.16. The highest BCUT2D eigenvalue weighted by Gasteiger charge is 2.48. The van der Waals surface area contributed by atoms with E-state index in [1.807, 2.05) is 13.8 Å². The Morgan fingerprint density at radius 2 is 1.89 bits per heavy atom. The number of carbonyl (C=O) groups excluding carboxylic acids is 1. The van der Waals surface area contributed by atoms with Crippen LogP contribution in [0, 0.1) is 5.41 Å². The Morgan fingerprint density at radius 1 is 1.33 bits per heavy atom. The van der Waals surface area contributed by atoms with Gasteiger partial charge in [-0.05, 0) is 18.3 Å². The molecule has 0 heterocycles. The number of rotatable bonds is 2. The molecule has 0 atom stereocenters. The molecule has 0 spiro atoms. The Balaban J connectivity index is 2.80. The quantitative estimate of drug-likeness (QED) is 0.339. The molecule has 0 aromatic heterocycles. The molecule has 1 rings (SSSR count). The second kappa shape index (κ2) is 4.56. The lowest BCUT2D eigenvalue weighted by atomic mass is 9.75. The summed E-state index contributed by atoms with van der Waals surface area (Å²) in [5.41, 5.74) is -5.74. The minimum absolute atomic E-state index is 0.0258. The minimum atomic E-state index is -5.68. The van der Waals surface area contributed by atoms with Crippen LogP contribution in [0.25, 0.3) is 0 Å². The van der Waals surface area contributed by atoms with Gasteiger partial charge in [-0.25, -0.2) is 0 Å². The Labute approximate surface area is 103 Å². The summed E-state index contributed by atoms with van der Waals surface area (Å²) >= 11 is 0. The van der Waals surface area contributed by atoms with Crippen molar-refractivity contribution >= 4 is 15.9 Å². The maximum absolute atomic E-state index is 12.0. The predicted molar refractivity (Wildman–Crippen MR) is 56.8 cm³/mol. The molecule has 1 aliphatic rings. The molecule has 4 nitrogen and oxygen atoms in total. The second-order valence-electron chi connectivity index (χ2n) is 4.90. The number of allylic oxidation sites excluding steroid dienone is 1. The van der Waals surface area contributed by atoms with Crippen molar-refractivity contribution < 1.29 is 30.6 Å². The maximum Gasteiger partial charge on any atom is 0.534 e. The van der Waals surface area contributed by atoms with Crippen molar-refractivity contribution in [3.8, 4) is 0 Å². The van der Waals surface area contributed by atoms with Crippen molar-refractivity contribution in [2.24, 2.45) is 5.41 Å². The third-order valence-corrected chi connectivity index (χ3v) is 3.59. The third-order valence-electron chi connectivity index (χ3n) is 2.67. The zero-order valence-corrected chi connectivity index (χ0v) is 10.7. The highest BCUT2D eigenvalue weighted by molar-refractivity contribution is 7.87. The summed E-state index contributed by atoms with van der Waals surface area (Å²) in [4.78, 5) is 11.6. The smallest absolute Gasteiger partial charge is 0.384 e. The van der Waals surface area contributed by atoms with Crippen LogP contribution in [-0.2, 0) is 19.1 Å². The van der Waals surface area contributed by atoms with Gasteiger partial charge in [0.05, 0.1) is 0 Å². The summed E-state index contributed by atoms with van der Waals surface area (Å²) in [6, 6.07) is 0. The van der Waals surface area contributed by atoms with Gasteiger partial charge in [-0.15, -0.1) is 0 Å². The molecule has 1 fully saturated rings. The van der Waals surface area contributed by atoms with Gasteiger partial charge in [-0.3, -0.25) is 4.79 Å². The van der Waals surface area contributed by atoms with Gasteiger partial charge in [0.1, 0.15) is 6.26 Å². The lowest BCUT2D eigenvalue weighted by molar-refractivity contribution is -0.119. The molecule has 0 aromatic rings. The van der Waals surface area contributed by atoms with E-state index in [-0.39, 0.29) is 29.6 Å². The van der Waals surface area contributed by atoms with Gasteiger partial charge >= 0.3 is 15.6 Å². The Hall–Kier alpha value is -1.05. The van der Waals surface area contributed by atoms with Gasteiger partial charge in [0.2, 0.25) is 0 Å². The van der Waals surface area contributed by atoms with Crippen molar-refractivity contribution in [1.82, 2.24) is 0 Å². The van der Waals surface area contributed by atoms with Crippen LogP contribution in [0.2, 0.25) is 0 Å². The molecule has 0 bridgehead atoms. The SMILES string of the molecule is CC1(C)CC/C(=C/OS(=O)(=O)C(F)(F)F)C(=O)C1.